The Bertz CT molecular complexity index is 1250. The number of anilines is 1. The molecule has 30 heavy (non-hydrogen) atoms. The fraction of sp³-hybridized carbons (Fsp3) is 0.0909. The summed E-state index contributed by atoms with van der Waals surface area (Å²) in [5.41, 5.74) is 1.21. The molecule has 1 aromatic heterocycles. The number of halogens is 3. The first kappa shape index (κ1) is 19.5. The van der Waals surface area contributed by atoms with E-state index in [0.717, 1.165) is 12.1 Å². The number of nitrogens with one attached hydrogen (secondary N) is 1. The summed E-state index contributed by atoms with van der Waals surface area (Å²) >= 11 is 0. The number of fused-ring (bicyclic) bond motifs is 2. The van der Waals surface area contributed by atoms with Gasteiger partial charge in [-0.05, 0) is 36.4 Å². The summed E-state index contributed by atoms with van der Waals surface area (Å²) in [5, 5.41) is 3.53. The van der Waals surface area contributed by atoms with Crippen LogP contribution in [0.15, 0.2) is 77.6 Å². The summed E-state index contributed by atoms with van der Waals surface area (Å²) in [4.78, 5) is 25.4. The number of carbonyl (C=O) groups is 1. The number of pyridine rings is 1. The van der Waals surface area contributed by atoms with Gasteiger partial charge in [0.1, 0.15) is 12.3 Å². The van der Waals surface area contributed by atoms with Crippen LogP contribution in [0.4, 0.5) is 18.9 Å². The molecule has 0 aliphatic rings. The monoisotopic (exact) mass is 412 g/mol. The Balaban J connectivity index is 1.68. The van der Waals surface area contributed by atoms with Crippen molar-refractivity contribution in [1.29, 1.82) is 0 Å². The van der Waals surface area contributed by atoms with E-state index in [2.05, 4.69) is 10.1 Å². The number of hydrogen-bond acceptors (Lipinski definition) is 3. The maximum absolute atomic E-state index is 12.7. The van der Waals surface area contributed by atoms with E-state index in [1.54, 1.807) is 53.1 Å². The van der Waals surface area contributed by atoms with Crippen molar-refractivity contribution < 1.29 is 22.7 Å². The number of nitrogens with zero attached hydrogens (tertiary/aromatic N) is 1. The SMILES string of the molecule is O=C(Cn1c2ccccc2c(=O)c2ccccc21)Nc1cccc(OC(F)(F)F)c1. The van der Waals surface area contributed by atoms with E-state index in [-0.39, 0.29) is 17.7 Å². The van der Waals surface area contributed by atoms with E-state index in [4.69, 9.17) is 0 Å². The number of carbonyl (C=O) groups excluding carboxylic acids is 1. The average molecular weight is 412 g/mol. The maximum atomic E-state index is 12.7. The molecule has 3 aromatic carbocycles. The predicted octanol–water partition coefficient (Wildman–Crippen LogP) is 4.69. The van der Waals surface area contributed by atoms with Gasteiger partial charge in [0.2, 0.25) is 5.91 Å². The quantitative estimate of drug-likeness (QED) is 0.495. The number of para-hydroxylation sites is 2. The van der Waals surface area contributed by atoms with Crippen molar-refractivity contribution >= 4 is 33.4 Å². The highest BCUT2D eigenvalue weighted by Crippen LogP contribution is 2.25. The smallest absolute Gasteiger partial charge is 0.406 e. The van der Waals surface area contributed by atoms with Gasteiger partial charge in [0, 0.05) is 22.5 Å². The Labute approximate surface area is 168 Å². The Morgan fingerprint density at radius 3 is 2.10 bits per heavy atom. The van der Waals surface area contributed by atoms with E-state index in [1.807, 2.05) is 0 Å². The van der Waals surface area contributed by atoms with E-state index >= 15 is 0 Å². The van der Waals surface area contributed by atoms with E-state index < -0.39 is 18.0 Å². The molecule has 0 aliphatic carbocycles. The van der Waals surface area contributed by atoms with Crippen LogP contribution in [0.1, 0.15) is 0 Å². The molecular formula is C22H15F3N2O3. The summed E-state index contributed by atoms with van der Waals surface area (Å²) in [7, 11) is 0. The number of ether oxygens (including phenoxy) is 1. The zero-order chi connectivity index (χ0) is 21.3. The minimum Gasteiger partial charge on any atom is -0.406 e. The highest BCUT2D eigenvalue weighted by molar-refractivity contribution is 5.97. The molecule has 0 aliphatic heterocycles. The van der Waals surface area contributed by atoms with Crippen molar-refractivity contribution in [3.05, 3.63) is 83.0 Å². The van der Waals surface area contributed by atoms with Crippen LogP contribution in [0.3, 0.4) is 0 Å². The molecule has 1 N–H and O–H groups in total. The van der Waals surface area contributed by atoms with Crippen molar-refractivity contribution in [1.82, 2.24) is 4.57 Å². The van der Waals surface area contributed by atoms with E-state index in [9.17, 15) is 22.8 Å². The van der Waals surface area contributed by atoms with Gasteiger partial charge in [-0.15, -0.1) is 13.2 Å². The molecule has 0 saturated carbocycles. The Kier molecular flexibility index (Phi) is 4.91. The second-order valence-electron chi connectivity index (χ2n) is 6.57. The molecule has 4 aromatic rings. The lowest BCUT2D eigenvalue weighted by Crippen LogP contribution is -2.21. The molecule has 152 valence electrons. The normalized spacial score (nSPS) is 11.6. The Morgan fingerprint density at radius 1 is 0.900 bits per heavy atom. The zero-order valence-corrected chi connectivity index (χ0v) is 15.4. The molecule has 0 radical (unpaired) electrons. The van der Waals surface area contributed by atoms with Crippen molar-refractivity contribution in [2.24, 2.45) is 0 Å². The van der Waals surface area contributed by atoms with Gasteiger partial charge in [0.05, 0.1) is 11.0 Å². The fourth-order valence-corrected chi connectivity index (χ4v) is 3.36. The van der Waals surface area contributed by atoms with Gasteiger partial charge >= 0.3 is 6.36 Å². The van der Waals surface area contributed by atoms with Crippen molar-refractivity contribution in [3.8, 4) is 5.75 Å². The van der Waals surface area contributed by atoms with Crippen molar-refractivity contribution in [2.75, 3.05) is 5.32 Å². The third-order valence-electron chi connectivity index (χ3n) is 4.53. The molecule has 0 saturated heterocycles. The molecule has 5 nitrogen and oxygen atoms in total. The van der Waals surface area contributed by atoms with Crippen LogP contribution >= 0.6 is 0 Å². The molecule has 0 atom stereocenters. The third kappa shape index (κ3) is 3.98. The number of alkyl halides is 3. The molecule has 1 heterocycles. The molecule has 0 unspecified atom stereocenters. The van der Waals surface area contributed by atoms with Gasteiger partial charge in [-0.2, -0.15) is 0 Å². The number of benzene rings is 3. The minimum absolute atomic E-state index is 0.130. The molecule has 4 rings (SSSR count). The molecule has 0 bridgehead atoms. The van der Waals surface area contributed by atoms with Crippen LogP contribution in [0.5, 0.6) is 5.75 Å². The maximum Gasteiger partial charge on any atom is 0.573 e. The molecule has 0 spiro atoms. The van der Waals surface area contributed by atoms with Gasteiger partial charge in [-0.3, -0.25) is 9.59 Å². The highest BCUT2D eigenvalue weighted by Gasteiger charge is 2.31. The van der Waals surface area contributed by atoms with Crippen LogP contribution in [-0.2, 0) is 11.3 Å². The van der Waals surface area contributed by atoms with Gasteiger partial charge < -0.3 is 14.6 Å². The van der Waals surface area contributed by atoms with Crippen LogP contribution in [-0.4, -0.2) is 16.8 Å². The first-order valence-corrected chi connectivity index (χ1v) is 8.98. The molecular weight excluding hydrogens is 397 g/mol. The number of aromatic nitrogens is 1. The van der Waals surface area contributed by atoms with E-state index in [1.165, 1.54) is 12.1 Å². The van der Waals surface area contributed by atoms with Crippen molar-refractivity contribution in [2.45, 2.75) is 12.9 Å². The lowest BCUT2D eigenvalue weighted by molar-refractivity contribution is -0.274. The Hall–Kier alpha value is -3.81. The van der Waals surface area contributed by atoms with Gasteiger partial charge in [0.15, 0.2) is 5.43 Å². The van der Waals surface area contributed by atoms with Crippen LogP contribution < -0.4 is 15.5 Å². The van der Waals surface area contributed by atoms with Gasteiger partial charge in [-0.25, -0.2) is 0 Å². The first-order chi connectivity index (χ1) is 14.3. The summed E-state index contributed by atoms with van der Waals surface area (Å²) in [6.45, 7) is -0.133. The molecule has 1 amide bonds. The summed E-state index contributed by atoms with van der Waals surface area (Å²) in [5.74, 6) is -0.891. The highest BCUT2D eigenvalue weighted by atomic mass is 19.4. The first-order valence-electron chi connectivity index (χ1n) is 8.98. The van der Waals surface area contributed by atoms with E-state index in [0.29, 0.717) is 21.8 Å². The van der Waals surface area contributed by atoms with Gasteiger partial charge in [-0.1, -0.05) is 30.3 Å². The van der Waals surface area contributed by atoms with Crippen LogP contribution in [0, 0.1) is 0 Å². The zero-order valence-electron chi connectivity index (χ0n) is 15.4. The van der Waals surface area contributed by atoms with Crippen molar-refractivity contribution in [3.63, 3.8) is 0 Å². The second-order valence-corrected chi connectivity index (χ2v) is 6.57. The largest absolute Gasteiger partial charge is 0.573 e. The number of amides is 1. The van der Waals surface area contributed by atoms with Gasteiger partial charge in [0.25, 0.3) is 0 Å². The Morgan fingerprint density at radius 2 is 1.50 bits per heavy atom. The predicted molar refractivity (Wildman–Crippen MR) is 107 cm³/mol. The number of rotatable bonds is 4. The second kappa shape index (κ2) is 7.55. The molecule has 0 fully saturated rings. The standard InChI is InChI=1S/C22H15F3N2O3/c23-22(24,25)30-15-7-5-6-14(12-15)26-20(28)13-27-18-10-3-1-8-16(18)21(29)17-9-2-4-11-19(17)27/h1-12H,13H2,(H,26,28). The lowest BCUT2D eigenvalue weighted by atomic mass is 10.1. The third-order valence-corrected chi connectivity index (χ3v) is 4.53. The van der Waals surface area contributed by atoms with Crippen LogP contribution in [0.25, 0.3) is 21.8 Å². The fourth-order valence-electron chi connectivity index (χ4n) is 3.36. The lowest BCUT2D eigenvalue weighted by Gasteiger charge is -2.15. The summed E-state index contributed by atoms with van der Waals surface area (Å²) < 4.78 is 42.8. The molecule has 8 heteroatoms. The van der Waals surface area contributed by atoms with Crippen LogP contribution in [0.2, 0.25) is 0 Å². The topological polar surface area (TPSA) is 60.3 Å². The summed E-state index contributed by atoms with van der Waals surface area (Å²) in [6, 6.07) is 18.9. The summed E-state index contributed by atoms with van der Waals surface area (Å²) in [6.07, 6.45) is -4.82. The average Bonchev–Trinajstić information content (AvgIpc) is 2.70. The minimum atomic E-state index is -4.82. The number of hydrogen-bond donors (Lipinski definition) is 1.